The summed E-state index contributed by atoms with van der Waals surface area (Å²) in [4.78, 5) is 12.0. The molecule has 0 aromatic heterocycles. The molecular formula is C14H15BrO2. The van der Waals surface area contributed by atoms with Crippen LogP contribution >= 0.6 is 15.9 Å². The maximum atomic E-state index is 12.0. The fraction of sp³-hybridized carbons (Fsp3) is 0.357. The molecule has 1 aliphatic rings. The number of ether oxygens (including phenoxy) is 1. The predicted octanol–water partition coefficient (Wildman–Crippen LogP) is 3.50. The van der Waals surface area contributed by atoms with Crippen LogP contribution in [0.15, 0.2) is 40.1 Å². The first-order valence-corrected chi connectivity index (χ1v) is 6.43. The minimum atomic E-state index is 0.0473. The van der Waals surface area contributed by atoms with Crippen LogP contribution in [0.4, 0.5) is 0 Å². The van der Waals surface area contributed by atoms with Gasteiger partial charge in [-0.2, -0.15) is 0 Å². The summed E-state index contributed by atoms with van der Waals surface area (Å²) in [5.74, 6) is 1.12. The average Bonchev–Trinajstić information content (AvgIpc) is 2.60. The van der Waals surface area contributed by atoms with Gasteiger partial charge in [-0.1, -0.05) is 28.1 Å². The van der Waals surface area contributed by atoms with Crippen molar-refractivity contribution in [2.45, 2.75) is 19.8 Å². The van der Waals surface area contributed by atoms with Crippen LogP contribution in [0, 0.1) is 5.92 Å². The second-order valence-corrected chi connectivity index (χ2v) is 5.26. The fourth-order valence-corrected chi connectivity index (χ4v) is 2.48. The van der Waals surface area contributed by atoms with Crippen molar-refractivity contribution in [3.8, 4) is 0 Å². The highest BCUT2D eigenvalue weighted by atomic mass is 79.9. The highest BCUT2D eigenvalue weighted by molar-refractivity contribution is 9.10. The number of methoxy groups -OCH3 is 1. The van der Waals surface area contributed by atoms with E-state index in [-0.39, 0.29) is 11.7 Å². The molecule has 0 saturated heterocycles. The van der Waals surface area contributed by atoms with Gasteiger partial charge < -0.3 is 4.74 Å². The Morgan fingerprint density at radius 2 is 2.00 bits per heavy atom. The molecule has 2 nitrogen and oxygen atoms in total. The Morgan fingerprint density at radius 3 is 2.53 bits per heavy atom. The SMILES string of the molecule is COC1=C(C)C(=O)C(Cc2ccc(Br)cc2)C1. The molecule has 0 radical (unpaired) electrons. The molecule has 0 amide bonds. The Kier molecular flexibility index (Phi) is 3.67. The summed E-state index contributed by atoms with van der Waals surface area (Å²) in [6, 6.07) is 8.12. The van der Waals surface area contributed by atoms with E-state index in [0.29, 0.717) is 0 Å². The number of rotatable bonds is 3. The van der Waals surface area contributed by atoms with Crippen LogP contribution < -0.4 is 0 Å². The minimum absolute atomic E-state index is 0.0473. The van der Waals surface area contributed by atoms with Gasteiger partial charge in [0.15, 0.2) is 5.78 Å². The van der Waals surface area contributed by atoms with Gasteiger partial charge in [-0.15, -0.1) is 0 Å². The standard InChI is InChI=1S/C14H15BrO2/c1-9-13(17-2)8-11(14(9)16)7-10-3-5-12(15)6-4-10/h3-6,11H,7-8H2,1-2H3. The molecule has 0 N–H and O–H groups in total. The maximum Gasteiger partial charge on any atom is 0.165 e. The van der Waals surface area contributed by atoms with Crippen LogP contribution in [0.3, 0.4) is 0 Å². The molecule has 2 rings (SSSR count). The number of benzene rings is 1. The Labute approximate surface area is 110 Å². The van der Waals surface area contributed by atoms with Gasteiger partial charge >= 0.3 is 0 Å². The van der Waals surface area contributed by atoms with E-state index < -0.39 is 0 Å². The van der Waals surface area contributed by atoms with E-state index in [1.807, 2.05) is 19.1 Å². The first-order valence-electron chi connectivity index (χ1n) is 5.64. The van der Waals surface area contributed by atoms with Crippen LogP contribution in [0.5, 0.6) is 0 Å². The Bertz CT molecular complexity index is 460. The first-order chi connectivity index (χ1) is 8.11. The van der Waals surface area contributed by atoms with Crippen LogP contribution in [-0.4, -0.2) is 12.9 Å². The Hall–Kier alpha value is -1.09. The topological polar surface area (TPSA) is 26.3 Å². The number of halogens is 1. The third-order valence-electron chi connectivity index (χ3n) is 3.23. The largest absolute Gasteiger partial charge is 0.501 e. The van der Waals surface area contributed by atoms with Crippen molar-refractivity contribution in [1.82, 2.24) is 0 Å². The predicted molar refractivity (Wildman–Crippen MR) is 70.7 cm³/mol. The van der Waals surface area contributed by atoms with Crippen LogP contribution in [0.2, 0.25) is 0 Å². The monoisotopic (exact) mass is 294 g/mol. The van der Waals surface area contributed by atoms with E-state index in [1.165, 1.54) is 5.56 Å². The number of ketones is 1. The summed E-state index contributed by atoms with van der Waals surface area (Å²) in [5.41, 5.74) is 1.98. The molecule has 17 heavy (non-hydrogen) atoms. The normalized spacial score (nSPS) is 19.9. The summed E-state index contributed by atoms with van der Waals surface area (Å²) in [7, 11) is 1.63. The molecule has 3 heteroatoms. The van der Waals surface area contributed by atoms with Crippen molar-refractivity contribution >= 4 is 21.7 Å². The third kappa shape index (κ3) is 2.60. The number of hydrogen-bond donors (Lipinski definition) is 0. The quantitative estimate of drug-likeness (QED) is 0.853. The molecule has 1 atom stereocenters. The number of carbonyl (C=O) groups is 1. The summed E-state index contributed by atoms with van der Waals surface area (Å²) >= 11 is 3.41. The van der Waals surface area contributed by atoms with Gasteiger partial charge in [-0.3, -0.25) is 4.79 Å². The zero-order valence-corrected chi connectivity index (χ0v) is 11.6. The van der Waals surface area contributed by atoms with Crippen molar-refractivity contribution in [1.29, 1.82) is 0 Å². The third-order valence-corrected chi connectivity index (χ3v) is 3.76. The zero-order chi connectivity index (χ0) is 12.4. The number of allylic oxidation sites excluding steroid dienone is 2. The molecule has 0 aliphatic heterocycles. The molecule has 1 unspecified atom stereocenters. The number of hydrogen-bond acceptors (Lipinski definition) is 2. The van der Waals surface area contributed by atoms with Gasteiger partial charge in [-0.05, 0) is 31.0 Å². The van der Waals surface area contributed by atoms with Crippen LogP contribution in [-0.2, 0) is 16.0 Å². The molecule has 0 heterocycles. The van der Waals surface area contributed by atoms with Crippen molar-refractivity contribution in [3.63, 3.8) is 0 Å². The van der Waals surface area contributed by atoms with E-state index in [9.17, 15) is 4.79 Å². The molecule has 1 aromatic carbocycles. The summed E-state index contributed by atoms with van der Waals surface area (Å²) in [6.45, 7) is 1.85. The molecule has 1 aliphatic carbocycles. The van der Waals surface area contributed by atoms with Gasteiger partial charge in [0.05, 0.1) is 7.11 Å². The van der Waals surface area contributed by atoms with Crippen molar-refractivity contribution in [2.24, 2.45) is 5.92 Å². The maximum absolute atomic E-state index is 12.0. The molecule has 0 bridgehead atoms. The van der Waals surface area contributed by atoms with E-state index >= 15 is 0 Å². The highest BCUT2D eigenvalue weighted by Crippen LogP contribution is 2.31. The van der Waals surface area contributed by atoms with Crippen molar-refractivity contribution < 1.29 is 9.53 Å². The van der Waals surface area contributed by atoms with Gasteiger partial charge in [0, 0.05) is 22.4 Å². The van der Waals surface area contributed by atoms with E-state index in [4.69, 9.17) is 4.74 Å². The summed E-state index contributed by atoms with van der Waals surface area (Å²) in [6.07, 6.45) is 1.52. The van der Waals surface area contributed by atoms with Gasteiger partial charge in [-0.25, -0.2) is 0 Å². The lowest BCUT2D eigenvalue weighted by Crippen LogP contribution is -2.12. The van der Waals surface area contributed by atoms with E-state index in [0.717, 1.165) is 28.6 Å². The number of Topliss-reactive ketones (excluding diaryl/α,β-unsaturated/α-hetero) is 1. The van der Waals surface area contributed by atoms with Crippen molar-refractivity contribution in [2.75, 3.05) is 7.11 Å². The molecule has 0 spiro atoms. The number of carbonyl (C=O) groups excluding carboxylic acids is 1. The summed E-state index contributed by atoms with van der Waals surface area (Å²) < 4.78 is 6.29. The average molecular weight is 295 g/mol. The summed E-state index contributed by atoms with van der Waals surface area (Å²) in [5, 5.41) is 0. The van der Waals surface area contributed by atoms with E-state index in [1.54, 1.807) is 7.11 Å². The molecular weight excluding hydrogens is 280 g/mol. The van der Waals surface area contributed by atoms with Gasteiger partial charge in [0.2, 0.25) is 0 Å². The minimum Gasteiger partial charge on any atom is -0.501 e. The van der Waals surface area contributed by atoms with Gasteiger partial charge in [0.25, 0.3) is 0 Å². The fourth-order valence-electron chi connectivity index (χ4n) is 2.22. The Balaban J connectivity index is 2.08. The lowest BCUT2D eigenvalue weighted by atomic mass is 9.95. The lowest BCUT2D eigenvalue weighted by Gasteiger charge is -2.08. The second kappa shape index (κ2) is 5.05. The lowest BCUT2D eigenvalue weighted by molar-refractivity contribution is -0.118. The van der Waals surface area contributed by atoms with E-state index in [2.05, 4.69) is 28.1 Å². The molecule has 90 valence electrons. The highest BCUT2D eigenvalue weighted by Gasteiger charge is 2.31. The molecule has 1 aromatic rings. The van der Waals surface area contributed by atoms with Gasteiger partial charge in [0.1, 0.15) is 5.76 Å². The van der Waals surface area contributed by atoms with Crippen LogP contribution in [0.1, 0.15) is 18.9 Å². The Morgan fingerprint density at radius 1 is 1.35 bits per heavy atom. The second-order valence-electron chi connectivity index (χ2n) is 4.35. The molecule has 0 saturated carbocycles. The zero-order valence-electron chi connectivity index (χ0n) is 10.00. The van der Waals surface area contributed by atoms with Crippen LogP contribution in [0.25, 0.3) is 0 Å². The first kappa shape index (κ1) is 12.4. The van der Waals surface area contributed by atoms with Crippen molar-refractivity contribution in [3.05, 3.63) is 45.6 Å². The smallest absolute Gasteiger partial charge is 0.165 e. The molecule has 0 fully saturated rings.